The Kier molecular flexibility index (Phi) is 4.83. The molecule has 0 aromatic heterocycles. The molecule has 5 heteroatoms. The number of benzene rings is 1. The van der Waals surface area contributed by atoms with Crippen LogP contribution in [0, 0.1) is 5.92 Å². The first-order chi connectivity index (χ1) is 10.7. The SMILES string of the molecule is CN(C(=O)Nc1ccc(OC[C@H]2CCOC2)cc1)C1CCC1. The molecule has 0 unspecified atom stereocenters. The van der Waals surface area contributed by atoms with Crippen molar-refractivity contribution in [1.29, 1.82) is 0 Å². The van der Waals surface area contributed by atoms with Crippen molar-refractivity contribution in [2.24, 2.45) is 5.92 Å². The Hall–Kier alpha value is -1.75. The van der Waals surface area contributed by atoms with Gasteiger partial charge in [0.15, 0.2) is 0 Å². The van der Waals surface area contributed by atoms with Gasteiger partial charge in [-0.15, -0.1) is 0 Å². The van der Waals surface area contributed by atoms with Gasteiger partial charge in [-0.1, -0.05) is 0 Å². The second-order valence-electron chi connectivity index (χ2n) is 6.19. The van der Waals surface area contributed by atoms with Crippen LogP contribution in [-0.4, -0.2) is 43.8 Å². The Balaban J connectivity index is 1.47. The Morgan fingerprint density at radius 3 is 2.68 bits per heavy atom. The van der Waals surface area contributed by atoms with E-state index in [-0.39, 0.29) is 6.03 Å². The van der Waals surface area contributed by atoms with Gasteiger partial charge in [-0.05, 0) is 49.9 Å². The maximum atomic E-state index is 12.1. The zero-order chi connectivity index (χ0) is 15.4. The molecule has 2 amide bonds. The minimum Gasteiger partial charge on any atom is -0.493 e. The Labute approximate surface area is 131 Å². The molecule has 2 fully saturated rings. The smallest absolute Gasteiger partial charge is 0.321 e. The number of ether oxygens (including phenoxy) is 2. The second-order valence-corrected chi connectivity index (χ2v) is 6.19. The maximum absolute atomic E-state index is 12.1. The first-order valence-corrected chi connectivity index (χ1v) is 8.07. The van der Waals surface area contributed by atoms with E-state index in [4.69, 9.17) is 9.47 Å². The summed E-state index contributed by atoms with van der Waals surface area (Å²) in [4.78, 5) is 13.9. The van der Waals surface area contributed by atoms with Crippen LogP contribution in [0.2, 0.25) is 0 Å². The summed E-state index contributed by atoms with van der Waals surface area (Å²) in [6.45, 7) is 2.32. The lowest BCUT2D eigenvalue weighted by atomic mass is 9.92. The summed E-state index contributed by atoms with van der Waals surface area (Å²) in [5.41, 5.74) is 0.799. The molecule has 0 bridgehead atoms. The minimum atomic E-state index is -0.0403. The monoisotopic (exact) mass is 304 g/mol. The molecule has 1 aliphatic carbocycles. The van der Waals surface area contributed by atoms with Crippen molar-refractivity contribution >= 4 is 11.7 Å². The van der Waals surface area contributed by atoms with Crippen LogP contribution >= 0.6 is 0 Å². The van der Waals surface area contributed by atoms with E-state index in [1.54, 1.807) is 4.90 Å². The number of rotatable bonds is 5. The van der Waals surface area contributed by atoms with Crippen molar-refractivity contribution < 1.29 is 14.3 Å². The van der Waals surface area contributed by atoms with Gasteiger partial charge in [0.25, 0.3) is 0 Å². The van der Waals surface area contributed by atoms with Crippen LogP contribution in [0.4, 0.5) is 10.5 Å². The van der Waals surface area contributed by atoms with E-state index in [0.717, 1.165) is 43.9 Å². The molecule has 1 aromatic carbocycles. The summed E-state index contributed by atoms with van der Waals surface area (Å²) in [6.07, 6.45) is 4.52. The standard InChI is InChI=1S/C17H24N2O3/c1-19(15-3-2-4-15)17(20)18-14-5-7-16(8-6-14)22-12-13-9-10-21-11-13/h5-8,13,15H,2-4,9-12H2,1H3,(H,18,20)/t13-/m0/s1. The van der Waals surface area contributed by atoms with Gasteiger partial charge < -0.3 is 19.7 Å². The second kappa shape index (κ2) is 7.01. The molecule has 1 N–H and O–H groups in total. The minimum absolute atomic E-state index is 0.0403. The van der Waals surface area contributed by atoms with Crippen LogP contribution in [0.25, 0.3) is 0 Å². The molecule has 5 nitrogen and oxygen atoms in total. The van der Waals surface area contributed by atoms with Crippen molar-refractivity contribution in [3.05, 3.63) is 24.3 Å². The van der Waals surface area contributed by atoms with E-state index in [2.05, 4.69) is 5.32 Å². The van der Waals surface area contributed by atoms with Crippen molar-refractivity contribution in [1.82, 2.24) is 4.90 Å². The number of carbonyl (C=O) groups excluding carboxylic acids is 1. The molecule has 1 saturated carbocycles. The highest BCUT2D eigenvalue weighted by atomic mass is 16.5. The fraction of sp³-hybridized carbons (Fsp3) is 0.588. The van der Waals surface area contributed by atoms with E-state index >= 15 is 0 Å². The Morgan fingerprint density at radius 2 is 2.09 bits per heavy atom. The summed E-state index contributed by atoms with van der Waals surface area (Å²) in [7, 11) is 1.86. The van der Waals surface area contributed by atoms with Crippen LogP contribution < -0.4 is 10.1 Å². The van der Waals surface area contributed by atoms with Crippen LogP contribution in [-0.2, 0) is 4.74 Å². The van der Waals surface area contributed by atoms with Gasteiger partial charge in [-0.25, -0.2) is 4.79 Å². The van der Waals surface area contributed by atoms with Gasteiger partial charge >= 0.3 is 6.03 Å². The maximum Gasteiger partial charge on any atom is 0.321 e. The number of carbonyl (C=O) groups is 1. The normalized spacial score (nSPS) is 21.2. The first-order valence-electron chi connectivity index (χ1n) is 8.07. The summed E-state index contributed by atoms with van der Waals surface area (Å²) in [5.74, 6) is 1.33. The Morgan fingerprint density at radius 1 is 1.32 bits per heavy atom. The highest BCUT2D eigenvalue weighted by Crippen LogP contribution is 2.24. The van der Waals surface area contributed by atoms with Gasteiger partial charge in [0.1, 0.15) is 5.75 Å². The summed E-state index contributed by atoms with van der Waals surface area (Å²) in [6, 6.07) is 7.92. The molecule has 1 heterocycles. The highest BCUT2D eigenvalue weighted by Gasteiger charge is 2.25. The van der Waals surface area contributed by atoms with Gasteiger partial charge in [-0.2, -0.15) is 0 Å². The lowest BCUT2D eigenvalue weighted by Crippen LogP contribution is -2.43. The van der Waals surface area contributed by atoms with Crippen molar-refractivity contribution in [2.45, 2.75) is 31.7 Å². The molecular formula is C17H24N2O3. The molecule has 0 spiro atoms. The van der Waals surface area contributed by atoms with Crippen LogP contribution in [0.5, 0.6) is 5.75 Å². The van der Waals surface area contributed by atoms with Crippen molar-refractivity contribution in [2.75, 3.05) is 32.2 Å². The largest absolute Gasteiger partial charge is 0.493 e. The number of amides is 2. The highest BCUT2D eigenvalue weighted by molar-refractivity contribution is 5.89. The van der Waals surface area contributed by atoms with Gasteiger partial charge in [-0.3, -0.25) is 0 Å². The first kappa shape index (κ1) is 15.2. The predicted molar refractivity (Wildman–Crippen MR) is 85.3 cm³/mol. The van der Waals surface area contributed by atoms with Crippen molar-refractivity contribution in [3.8, 4) is 5.75 Å². The molecule has 1 saturated heterocycles. The lowest BCUT2D eigenvalue weighted by Gasteiger charge is -2.34. The number of hydrogen-bond donors (Lipinski definition) is 1. The number of nitrogens with one attached hydrogen (secondary N) is 1. The molecule has 3 rings (SSSR count). The number of hydrogen-bond acceptors (Lipinski definition) is 3. The third-order valence-electron chi connectivity index (χ3n) is 4.56. The van der Waals surface area contributed by atoms with Gasteiger partial charge in [0.2, 0.25) is 0 Å². The van der Waals surface area contributed by atoms with Gasteiger partial charge in [0.05, 0.1) is 13.2 Å². The fourth-order valence-electron chi connectivity index (χ4n) is 2.71. The van der Waals surface area contributed by atoms with E-state index in [9.17, 15) is 4.79 Å². The summed E-state index contributed by atoms with van der Waals surface area (Å²) >= 11 is 0. The number of urea groups is 1. The fourth-order valence-corrected chi connectivity index (χ4v) is 2.71. The molecule has 22 heavy (non-hydrogen) atoms. The number of nitrogens with zero attached hydrogens (tertiary/aromatic N) is 1. The lowest BCUT2D eigenvalue weighted by molar-refractivity contribution is 0.167. The summed E-state index contributed by atoms with van der Waals surface area (Å²) in [5, 5.41) is 2.93. The van der Waals surface area contributed by atoms with Crippen LogP contribution in [0.3, 0.4) is 0 Å². The summed E-state index contributed by atoms with van der Waals surface area (Å²) < 4.78 is 11.1. The van der Waals surface area contributed by atoms with E-state index < -0.39 is 0 Å². The molecule has 1 aliphatic heterocycles. The molecule has 1 atom stereocenters. The van der Waals surface area contributed by atoms with Gasteiger partial charge in [0, 0.05) is 31.3 Å². The number of anilines is 1. The quantitative estimate of drug-likeness (QED) is 0.909. The average Bonchev–Trinajstić information content (AvgIpc) is 2.98. The topological polar surface area (TPSA) is 50.8 Å². The van der Waals surface area contributed by atoms with E-state index in [1.807, 2.05) is 31.3 Å². The molecule has 2 aliphatic rings. The Bertz CT molecular complexity index is 493. The van der Waals surface area contributed by atoms with E-state index in [1.165, 1.54) is 6.42 Å². The molecular weight excluding hydrogens is 280 g/mol. The molecule has 1 aromatic rings. The zero-order valence-corrected chi connectivity index (χ0v) is 13.1. The van der Waals surface area contributed by atoms with E-state index in [0.29, 0.717) is 18.6 Å². The molecule has 120 valence electrons. The third-order valence-corrected chi connectivity index (χ3v) is 4.56. The predicted octanol–water partition coefficient (Wildman–Crippen LogP) is 3.12. The van der Waals surface area contributed by atoms with Crippen LogP contribution in [0.1, 0.15) is 25.7 Å². The average molecular weight is 304 g/mol. The molecule has 0 radical (unpaired) electrons. The van der Waals surface area contributed by atoms with Crippen LogP contribution in [0.15, 0.2) is 24.3 Å². The third kappa shape index (κ3) is 3.71. The zero-order valence-electron chi connectivity index (χ0n) is 13.1. The van der Waals surface area contributed by atoms with Crippen molar-refractivity contribution in [3.63, 3.8) is 0 Å².